The van der Waals surface area contributed by atoms with Crippen molar-refractivity contribution in [2.75, 3.05) is 5.32 Å². The molecule has 0 saturated heterocycles. The molecule has 118 valence electrons. The molecule has 0 radical (unpaired) electrons. The number of aromatic nitrogens is 3. The van der Waals surface area contributed by atoms with Gasteiger partial charge >= 0.3 is 6.03 Å². The van der Waals surface area contributed by atoms with Crippen LogP contribution in [0.3, 0.4) is 0 Å². The van der Waals surface area contributed by atoms with Crippen molar-refractivity contribution in [2.45, 2.75) is 32.2 Å². The molecule has 2 N–H and O–H groups in total. The summed E-state index contributed by atoms with van der Waals surface area (Å²) in [5, 5.41) is 13.8. The van der Waals surface area contributed by atoms with Crippen molar-refractivity contribution < 1.29 is 9.42 Å². The lowest BCUT2D eigenvalue weighted by molar-refractivity contribution is 0.251. The van der Waals surface area contributed by atoms with Crippen LogP contribution in [0.25, 0.3) is 11.0 Å². The van der Waals surface area contributed by atoms with Crippen molar-refractivity contribution in [3.63, 3.8) is 0 Å². The second-order valence-corrected chi connectivity index (χ2v) is 6.57. The summed E-state index contributed by atoms with van der Waals surface area (Å²) in [6.07, 6.45) is 4.48. The zero-order valence-corrected chi connectivity index (χ0v) is 13.2. The molecule has 4 rings (SSSR count). The molecule has 1 aromatic carbocycles. The zero-order valence-electron chi connectivity index (χ0n) is 12.3. The summed E-state index contributed by atoms with van der Waals surface area (Å²) in [7, 11) is 0. The van der Waals surface area contributed by atoms with Gasteiger partial charge in [-0.15, -0.1) is 11.3 Å². The van der Waals surface area contributed by atoms with Gasteiger partial charge in [0.05, 0.1) is 5.69 Å². The van der Waals surface area contributed by atoms with E-state index in [4.69, 9.17) is 0 Å². The Kier molecular flexibility index (Phi) is 3.66. The SMILES string of the molecule is O=C(NCc1ccc2nonc2c1)Nc1nc2c(s1)CCCC2. The van der Waals surface area contributed by atoms with Crippen LogP contribution in [0.15, 0.2) is 22.8 Å². The summed E-state index contributed by atoms with van der Waals surface area (Å²) in [6, 6.07) is 5.29. The summed E-state index contributed by atoms with van der Waals surface area (Å²) >= 11 is 1.57. The highest BCUT2D eigenvalue weighted by molar-refractivity contribution is 7.15. The molecule has 0 spiro atoms. The fraction of sp³-hybridized carbons (Fsp3) is 0.333. The Morgan fingerprint density at radius 1 is 1.22 bits per heavy atom. The van der Waals surface area contributed by atoms with E-state index in [1.165, 1.54) is 17.7 Å². The van der Waals surface area contributed by atoms with Gasteiger partial charge in [-0.3, -0.25) is 5.32 Å². The number of carbonyl (C=O) groups is 1. The summed E-state index contributed by atoms with van der Waals surface area (Å²) in [5.41, 5.74) is 3.45. The van der Waals surface area contributed by atoms with Crippen LogP contribution in [0, 0.1) is 0 Å². The Balaban J connectivity index is 1.37. The first-order valence-electron chi connectivity index (χ1n) is 7.52. The van der Waals surface area contributed by atoms with Crippen LogP contribution in [0.4, 0.5) is 9.93 Å². The van der Waals surface area contributed by atoms with E-state index >= 15 is 0 Å². The molecule has 0 atom stereocenters. The molecule has 1 aliphatic rings. The van der Waals surface area contributed by atoms with Crippen LogP contribution in [-0.4, -0.2) is 21.3 Å². The fourth-order valence-electron chi connectivity index (χ4n) is 2.67. The highest BCUT2D eigenvalue weighted by Gasteiger charge is 2.16. The molecule has 2 aromatic heterocycles. The second-order valence-electron chi connectivity index (χ2n) is 5.49. The van der Waals surface area contributed by atoms with E-state index in [2.05, 4.69) is 30.6 Å². The van der Waals surface area contributed by atoms with Gasteiger partial charge in [0, 0.05) is 11.4 Å². The maximum Gasteiger partial charge on any atom is 0.321 e. The third-order valence-electron chi connectivity index (χ3n) is 3.84. The number of thiazole rings is 1. The highest BCUT2D eigenvalue weighted by atomic mass is 32.1. The average molecular weight is 329 g/mol. The van der Waals surface area contributed by atoms with Crippen molar-refractivity contribution in [2.24, 2.45) is 0 Å². The fourth-order valence-corrected chi connectivity index (χ4v) is 3.71. The molecule has 1 aliphatic carbocycles. The van der Waals surface area contributed by atoms with Gasteiger partial charge in [-0.1, -0.05) is 6.07 Å². The van der Waals surface area contributed by atoms with Gasteiger partial charge in [0.2, 0.25) is 0 Å². The average Bonchev–Trinajstić information content (AvgIpc) is 3.18. The first kappa shape index (κ1) is 14.1. The minimum Gasteiger partial charge on any atom is -0.334 e. The summed E-state index contributed by atoms with van der Waals surface area (Å²) in [6.45, 7) is 0.403. The van der Waals surface area contributed by atoms with Gasteiger partial charge in [-0.25, -0.2) is 14.4 Å². The molecular weight excluding hydrogens is 314 g/mol. The Hall–Kier alpha value is -2.48. The topological polar surface area (TPSA) is 92.9 Å². The Morgan fingerprint density at radius 3 is 3.00 bits per heavy atom. The van der Waals surface area contributed by atoms with Gasteiger partial charge in [0.25, 0.3) is 0 Å². The predicted octanol–water partition coefficient (Wildman–Crippen LogP) is 2.88. The predicted molar refractivity (Wildman–Crippen MR) is 86.4 cm³/mol. The zero-order chi connectivity index (χ0) is 15.6. The summed E-state index contributed by atoms with van der Waals surface area (Å²) in [4.78, 5) is 17.8. The van der Waals surface area contributed by atoms with Crippen molar-refractivity contribution in [1.29, 1.82) is 0 Å². The quantitative estimate of drug-likeness (QED) is 0.771. The molecule has 3 aromatic rings. The van der Waals surface area contributed by atoms with Crippen molar-refractivity contribution >= 4 is 33.5 Å². The van der Waals surface area contributed by atoms with Crippen molar-refractivity contribution in [3.8, 4) is 0 Å². The standard InChI is InChI=1S/C15H15N5O2S/c21-14(18-15-17-11-3-1-2-4-13(11)23-15)16-8-9-5-6-10-12(7-9)20-22-19-10/h5-7H,1-4,8H2,(H2,16,17,18,21). The normalized spacial score (nSPS) is 13.7. The van der Waals surface area contributed by atoms with Crippen LogP contribution < -0.4 is 10.6 Å². The number of aryl methyl sites for hydroxylation is 2. The molecule has 0 fully saturated rings. The van der Waals surface area contributed by atoms with Gasteiger partial charge in [-0.05, 0) is 53.7 Å². The van der Waals surface area contributed by atoms with Crippen LogP contribution in [0.2, 0.25) is 0 Å². The van der Waals surface area contributed by atoms with E-state index < -0.39 is 0 Å². The van der Waals surface area contributed by atoms with Crippen LogP contribution in [0.1, 0.15) is 29.0 Å². The molecule has 0 bridgehead atoms. The molecule has 0 aliphatic heterocycles. The van der Waals surface area contributed by atoms with Crippen LogP contribution >= 0.6 is 11.3 Å². The van der Waals surface area contributed by atoms with Crippen molar-refractivity contribution in [1.82, 2.24) is 20.6 Å². The lowest BCUT2D eigenvalue weighted by Gasteiger charge is -2.06. The molecule has 2 amide bonds. The maximum absolute atomic E-state index is 12.0. The number of carbonyl (C=O) groups excluding carboxylic acids is 1. The van der Waals surface area contributed by atoms with E-state index in [9.17, 15) is 4.79 Å². The molecule has 2 heterocycles. The lowest BCUT2D eigenvalue weighted by atomic mass is 10.0. The first-order chi connectivity index (χ1) is 11.3. The number of urea groups is 1. The molecular formula is C15H15N5O2S. The molecule has 7 nitrogen and oxygen atoms in total. The largest absolute Gasteiger partial charge is 0.334 e. The van der Waals surface area contributed by atoms with Crippen molar-refractivity contribution in [3.05, 3.63) is 34.3 Å². The maximum atomic E-state index is 12.0. The Bertz CT molecular complexity index is 833. The second kappa shape index (κ2) is 5.96. The van der Waals surface area contributed by atoms with E-state index in [1.807, 2.05) is 18.2 Å². The van der Waals surface area contributed by atoms with Gasteiger partial charge in [-0.2, -0.15) is 0 Å². The first-order valence-corrected chi connectivity index (χ1v) is 8.34. The van der Waals surface area contributed by atoms with Crippen LogP contribution in [0.5, 0.6) is 0 Å². The Labute approximate surface area is 136 Å². The number of rotatable bonds is 3. The number of anilines is 1. The number of amides is 2. The number of benzene rings is 1. The lowest BCUT2D eigenvalue weighted by Crippen LogP contribution is -2.28. The third kappa shape index (κ3) is 3.02. The number of hydrogen-bond donors (Lipinski definition) is 2. The van der Waals surface area contributed by atoms with Gasteiger partial charge < -0.3 is 5.32 Å². The molecule has 0 saturated carbocycles. The van der Waals surface area contributed by atoms with Crippen LogP contribution in [-0.2, 0) is 19.4 Å². The van der Waals surface area contributed by atoms with Gasteiger partial charge in [0.15, 0.2) is 5.13 Å². The number of hydrogen-bond acceptors (Lipinski definition) is 6. The molecule has 0 unspecified atom stereocenters. The minimum absolute atomic E-state index is 0.255. The monoisotopic (exact) mass is 329 g/mol. The summed E-state index contributed by atoms with van der Waals surface area (Å²) < 4.78 is 4.66. The summed E-state index contributed by atoms with van der Waals surface area (Å²) in [5.74, 6) is 0. The van der Waals surface area contributed by atoms with E-state index in [0.29, 0.717) is 22.7 Å². The minimum atomic E-state index is -0.255. The van der Waals surface area contributed by atoms with E-state index in [1.54, 1.807) is 11.3 Å². The molecule has 23 heavy (non-hydrogen) atoms. The van der Waals surface area contributed by atoms with E-state index in [0.717, 1.165) is 24.1 Å². The smallest absolute Gasteiger partial charge is 0.321 e. The van der Waals surface area contributed by atoms with Gasteiger partial charge in [0.1, 0.15) is 11.0 Å². The third-order valence-corrected chi connectivity index (χ3v) is 4.91. The number of nitrogens with zero attached hydrogens (tertiary/aromatic N) is 3. The van der Waals surface area contributed by atoms with E-state index in [-0.39, 0.29) is 6.03 Å². The number of nitrogens with one attached hydrogen (secondary N) is 2. The highest BCUT2D eigenvalue weighted by Crippen LogP contribution is 2.29. The molecule has 8 heteroatoms. The number of fused-ring (bicyclic) bond motifs is 2. The Morgan fingerprint density at radius 2 is 2.09 bits per heavy atom.